The van der Waals surface area contributed by atoms with Crippen molar-refractivity contribution in [1.29, 1.82) is 0 Å². The Balaban J connectivity index is 1.80. The Hall–Kier alpha value is -2.00. The molecule has 1 saturated carbocycles. The number of nitrogens with one attached hydrogen (secondary N) is 2. The van der Waals surface area contributed by atoms with Gasteiger partial charge in [-0.2, -0.15) is 0 Å². The van der Waals surface area contributed by atoms with E-state index in [2.05, 4.69) is 10.6 Å². The van der Waals surface area contributed by atoms with Gasteiger partial charge in [-0.25, -0.2) is 0 Å². The molecule has 0 radical (unpaired) electrons. The Morgan fingerprint density at radius 3 is 2.33 bits per heavy atom. The van der Waals surface area contributed by atoms with E-state index in [-0.39, 0.29) is 5.91 Å². The molecule has 1 atom stereocenters. The Labute approximate surface area is 129 Å². The minimum atomic E-state index is -0.395. The molecule has 1 fully saturated rings. The summed E-state index contributed by atoms with van der Waals surface area (Å²) in [5.41, 5.74) is 1.82. The van der Waals surface area contributed by atoms with Crippen molar-refractivity contribution in [3.63, 3.8) is 0 Å². The average molecular weight is 301 g/mol. The van der Waals surface area contributed by atoms with Crippen LogP contribution in [0.5, 0.6) is 0 Å². The molecule has 2 aromatic rings. The fourth-order valence-electron chi connectivity index (χ4n) is 2.17. The molecule has 0 spiro atoms. The van der Waals surface area contributed by atoms with Crippen molar-refractivity contribution in [1.82, 2.24) is 5.32 Å². The van der Waals surface area contributed by atoms with Gasteiger partial charge in [-0.1, -0.05) is 41.9 Å². The van der Waals surface area contributed by atoms with E-state index in [9.17, 15) is 4.79 Å². The smallest absolute Gasteiger partial charge is 0.247 e. The zero-order chi connectivity index (χ0) is 14.7. The summed E-state index contributed by atoms with van der Waals surface area (Å²) in [5.74, 6) is 0.0126. The van der Waals surface area contributed by atoms with E-state index in [1.807, 2.05) is 54.6 Å². The molecule has 1 aliphatic rings. The van der Waals surface area contributed by atoms with Crippen molar-refractivity contribution >= 4 is 23.2 Å². The third kappa shape index (κ3) is 3.76. The molecule has 0 unspecified atom stereocenters. The van der Waals surface area contributed by atoms with Gasteiger partial charge in [0.05, 0.1) is 0 Å². The quantitative estimate of drug-likeness (QED) is 0.882. The molecule has 2 N–H and O–H groups in total. The van der Waals surface area contributed by atoms with Crippen LogP contribution in [0.25, 0.3) is 0 Å². The van der Waals surface area contributed by atoms with Crippen LogP contribution in [0.15, 0.2) is 54.6 Å². The predicted octanol–water partition coefficient (Wildman–Crippen LogP) is 3.77. The van der Waals surface area contributed by atoms with Crippen LogP contribution in [0.4, 0.5) is 5.69 Å². The molecule has 3 rings (SSSR count). The van der Waals surface area contributed by atoms with Gasteiger partial charge in [-0.3, -0.25) is 4.79 Å². The van der Waals surface area contributed by atoms with Crippen LogP contribution in [-0.4, -0.2) is 11.9 Å². The van der Waals surface area contributed by atoms with E-state index < -0.39 is 6.04 Å². The maximum Gasteiger partial charge on any atom is 0.247 e. The Bertz CT molecular complexity index is 608. The molecule has 2 aromatic carbocycles. The number of carbonyl (C=O) groups is 1. The second-order valence-electron chi connectivity index (χ2n) is 5.28. The van der Waals surface area contributed by atoms with Crippen molar-refractivity contribution in [3.8, 4) is 0 Å². The number of halogens is 1. The first-order valence-corrected chi connectivity index (χ1v) is 7.47. The number of benzene rings is 2. The molecule has 21 heavy (non-hydrogen) atoms. The number of rotatable bonds is 5. The highest BCUT2D eigenvalue weighted by Crippen LogP contribution is 2.24. The lowest BCUT2D eigenvalue weighted by Crippen LogP contribution is -2.34. The summed E-state index contributed by atoms with van der Waals surface area (Å²) >= 11 is 5.90. The second kappa shape index (κ2) is 6.19. The first-order chi connectivity index (χ1) is 10.2. The summed E-state index contributed by atoms with van der Waals surface area (Å²) in [6.07, 6.45) is 2.16. The third-order valence-electron chi connectivity index (χ3n) is 3.47. The number of hydrogen-bond donors (Lipinski definition) is 2. The first kappa shape index (κ1) is 14.0. The van der Waals surface area contributed by atoms with Crippen LogP contribution in [0, 0.1) is 0 Å². The van der Waals surface area contributed by atoms with Gasteiger partial charge in [-0.15, -0.1) is 0 Å². The Morgan fingerprint density at radius 2 is 1.71 bits per heavy atom. The fraction of sp³-hybridized carbons (Fsp3) is 0.235. The van der Waals surface area contributed by atoms with Crippen LogP contribution in [-0.2, 0) is 4.79 Å². The van der Waals surface area contributed by atoms with Crippen LogP contribution in [0.3, 0.4) is 0 Å². The van der Waals surface area contributed by atoms with Crippen molar-refractivity contribution in [2.24, 2.45) is 0 Å². The van der Waals surface area contributed by atoms with E-state index >= 15 is 0 Å². The van der Waals surface area contributed by atoms with Crippen molar-refractivity contribution in [2.45, 2.75) is 24.9 Å². The Kier molecular flexibility index (Phi) is 4.11. The van der Waals surface area contributed by atoms with Crippen LogP contribution in [0.1, 0.15) is 24.4 Å². The predicted molar refractivity (Wildman–Crippen MR) is 85.4 cm³/mol. The molecule has 3 nitrogen and oxygen atoms in total. The van der Waals surface area contributed by atoms with Crippen molar-refractivity contribution in [2.75, 3.05) is 5.32 Å². The summed E-state index contributed by atoms with van der Waals surface area (Å²) in [4.78, 5) is 12.5. The van der Waals surface area contributed by atoms with E-state index in [1.54, 1.807) is 0 Å². The molecular weight excluding hydrogens is 284 g/mol. The minimum Gasteiger partial charge on any atom is -0.370 e. The van der Waals surface area contributed by atoms with Gasteiger partial charge >= 0.3 is 0 Å². The van der Waals surface area contributed by atoms with Gasteiger partial charge in [0, 0.05) is 16.8 Å². The summed E-state index contributed by atoms with van der Waals surface area (Å²) in [5, 5.41) is 7.02. The topological polar surface area (TPSA) is 41.1 Å². The summed E-state index contributed by atoms with van der Waals surface area (Å²) in [6, 6.07) is 17.1. The molecule has 0 aromatic heterocycles. The van der Waals surface area contributed by atoms with Crippen LogP contribution in [0.2, 0.25) is 5.02 Å². The number of hydrogen-bond acceptors (Lipinski definition) is 2. The highest BCUT2D eigenvalue weighted by Gasteiger charge is 2.28. The van der Waals surface area contributed by atoms with Crippen molar-refractivity contribution in [3.05, 3.63) is 65.2 Å². The first-order valence-electron chi connectivity index (χ1n) is 7.10. The van der Waals surface area contributed by atoms with Crippen LogP contribution < -0.4 is 10.6 Å². The highest BCUT2D eigenvalue weighted by molar-refractivity contribution is 6.30. The Morgan fingerprint density at radius 1 is 1.05 bits per heavy atom. The highest BCUT2D eigenvalue weighted by atomic mass is 35.5. The second-order valence-corrected chi connectivity index (χ2v) is 5.71. The molecule has 0 aliphatic heterocycles. The molecular formula is C17H17ClN2O. The maximum absolute atomic E-state index is 12.5. The zero-order valence-electron chi connectivity index (χ0n) is 11.6. The lowest BCUT2D eigenvalue weighted by molar-refractivity contribution is -0.122. The van der Waals surface area contributed by atoms with Gasteiger partial charge in [0.15, 0.2) is 0 Å². The normalized spacial score (nSPS) is 15.3. The number of anilines is 1. The van der Waals surface area contributed by atoms with Gasteiger partial charge < -0.3 is 10.6 Å². The summed E-state index contributed by atoms with van der Waals surface area (Å²) in [6.45, 7) is 0. The molecule has 0 heterocycles. The lowest BCUT2D eigenvalue weighted by Gasteiger charge is -2.20. The number of amides is 1. The fourth-order valence-corrected chi connectivity index (χ4v) is 2.30. The van der Waals surface area contributed by atoms with E-state index in [1.165, 1.54) is 0 Å². The molecule has 1 aliphatic carbocycles. The van der Waals surface area contributed by atoms with Gasteiger partial charge in [-0.05, 0) is 42.7 Å². The summed E-state index contributed by atoms with van der Waals surface area (Å²) in [7, 11) is 0. The van der Waals surface area contributed by atoms with Gasteiger partial charge in [0.25, 0.3) is 0 Å². The van der Waals surface area contributed by atoms with Crippen LogP contribution >= 0.6 is 11.6 Å². The summed E-state index contributed by atoms with van der Waals surface area (Å²) < 4.78 is 0. The van der Waals surface area contributed by atoms with Gasteiger partial charge in [0.1, 0.15) is 6.04 Å². The molecule has 0 bridgehead atoms. The van der Waals surface area contributed by atoms with E-state index in [0.717, 1.165) is 24.1 Å². The van der Waals surface area contributed by atoms with Gasteiger partial charge in [0.2, 0.25) is 5.91 Å². The number of carbonyl (C=O) groups excluding carboxylic acids is 1. The SMILES string of the molecule is O=C(NC1CC1)[C@@H](Nc1ccc(Cl)cc1)c1ccccc1. The molecule has 1 amide bonds. The lowest BCUT2D eigenvalue weighted by atomic mass is 10.1. The monoisotopic (exact) mass is 300 g/mol. The molecule has 108 valence electrons. The van der Waals surface area contributed by atoms with Crippen molar-refractivity contribution < 1.29 is 4.79 Å². The maximum atomic E-state index is 12.5. The standard InChI is InChI=1S/C17H17ClN2O/c18-13-6-8-14(9-7-13)19-16(12-4-2-1-3-5-12)17(21)20-15-10-11-15/h1-9,15-16,19H,10-11H2,(H,20,21)/t16-/m0/s1. The molecule has 4 heteroatoms. The molecule has 0 saturated heterocycles. The minimum absolute atomic E-state index is 0.0126. The van der Waals surface area contributed by atoms with E-state index in [0.29, 0.717) is 11.1 Å². The average Bonchev–Trinajstić information content (AvgIpc) is 3.31. The van der Waals surface area contributed by atoms with E-state index in [4.69, 9.17) is 11.6 Å². The zero-order valence-corrected chi connectivity index (χ0v) is 12.3. The largest absolute Gasteiger partial charge is 0.370 e. The third-order valence-corrected chi connectivity index (χ3v) is 3.73.